The van der Waals surface area contributed by atoms with E-state index in [4.69, 9.17) is 25.5 Å². The van der Waals surface area contributed by atoms with Crippen LogP contribution in [-0.2, 0) is 9.59 Å². The average Bonchev–Trinajstić information content (AvgIpc) is 3.41. The molecule has 0 atom stereocenters. The molecule has 9 heteroatoms. The lowest BCUT2D eigenvalue weighted by Crippen LogP contribution is -2.35. The second kappa shape index (κ2) is 8.99. The van der Waals surface area contributed by atoms with Crippen molar-refractivity contribution in [2.45, 2.75) is 6.92 Å². The molecule has 0 unspecified atom stereocenters. The molecule has 2 heterocycles. The van der Waals surface area contributed by atoms with Crippen molar-refractivity contribution in [2.75, 3.05) is 11.6 Å². The SMILES string of the molecule is CCOc1cc(C=C2C(=O)NN(c3ccccc3)C2=O)cc(Cl)c1OC(=O)c1ccco1. The van der Waals surface area contributed by atoms with Crippen molar-refractivity contribution in [1.82, 2.24) is 5.43 Å². The van der Waals surface area contributed by atoms with Crippen molar-refractivity contribution < 1.29 is 28.3 Å². The van der Waals surface area contributed by atoms with Crippen molar-refractivity contribution in [3.8, 4) is 11.5 Å². The summed E-state index contributed by atoms with van der Waals surface area (Å²) in [5.41, 5.74) is 3.41. The molecular weight excluding hydrogens is 436 g/mol. The first-order valence-corrected chi connectivity index (χ1v) is 10.00. The third-order valence-corrected chi connectivity index (χ3v) is 4.75. The van der Waals surface area contributed by atoms with Gasteiger partial charge in [0.1, 0.15) is 5.57 Å². The molecule has 1 aliphatic rings. The van der Waals surface area contributed by atoms with Crippen LogP contribution in [0, 0.1) is 0 Å². The molecule has 4 rings (SSSR count). The van der Waals surface area contributed by atoms with Gasteiger partial charge in [-0.1, -0.05) is 29.8 Å². The lowest BCUT2D eigenvalue weighted by molar-refractivity contribution is -0.117. The predicted octanol–water partition coefficient (Wildman–Crippen LogP) is 4.01. The summed E-state index contributed by atoms with van der Waals surface area (Å²) in [4.78, 5) is 37.5. The molecule has 1 fully saturated rings. The number of rotatable bonds is 6. The minimum absolute atomic E-state index is 0.00364. The molecular formula is C23H17ClN2O6. The highest BCUT2D eigenvalue weighted by molar-refractivity contribution is 6.33. The minimum Gasteiger partial charge on any atom is -0.490 e. The molecule has 2 amide bonds. The van der Waals surface area contributed by atoms with Gasteiger partial charge in [0.15, 0.2) is 11.5 Å². The zero-order valence-electron chi connectivity index (χ0n) is 16.8. The van der Waals surface area contributed by atoms with Gasteiger partial charge in [-0.05, 0) is 55.0 Å². The number of carbonyl (C=O) groups excluding carboxylic acids is 3. The highest BCUT2D eigenvalue weighted by Crippen LogP contribution is 2.38. The Labute approximate surface area is 187 Å². The van der Waals surface area contributed by atoms with E-state index in [2.05, 4.69) is 5.43 Å². The standard InChI is InChI=1S/C23H17ClN2O6/c1-2-30-19-13-14(12-17(24)20(19)32-23(29)18-9-6-10-31-18)11-16-21(27)25-26(22(16)28)15-7-4-3-5-8-15/h3-13H,2H2,1H3,(H,25,27). The van der Waals surface area contributed by atoms with E-state index in [9.17, 15) is 14.4 Å². The van der Waals surface area contributed by atoms with Gasteiger partial charge in [-0.25, -0.2) is 9.80 Å². The minimum atomic E-state index is -0.743. The van der Waals surface area contributed by atoms with Crippen LogP contribution in [0.3, 0.4) is 0 Å². The Morgan fingerprint density at radius 3 is 2.62 bits per heavy atom. The molecule has 0 spiro atoms. The summed E-state index contributed by atoms with van der Waals surface area (Å²) in [6, 6.07) is 14.7. The monoisotopic (exact) mass is 452 g/mol. The van der Waals surface area contributed by atoms with Crippen molar-refractivity contribution in [3.63, 3.8) is 0 Å². The van der Waals surface area contributed by atoms with E-state index >= 15 is 0 Å². The van der Waals surface area contributed by atoms with Crippen LogP contribution in [0.5, 0.6) is 11.5 Å². The fraction of sp³-hybridized carbons (Fsp3) is 0.0870. The lowest BCUT2D eigenvalue weighted by atomic mass is 10.1. The molecule has 0 aliphatic carbocycles. The molecule has 0 radical (unpaired) electrons. The number of esters is 1. The summed E-state index contributed by atoms with van der Waals surface area (Å²) in [7, 11) is 0. The number of anilines is 1. The summed E-state index contributed by atoms with van der Waals surface area (Å²) in [6.45, 7) is 2.02. The van der Waals surface area contributed by atoms with Crippen molar-refractivity contribution >= 4 is 41.1 Å². The third-order valence-electron chi connectivity index (χ3n) is 4.47. The number of nitrogens with zero attached hydrogens (tertiary/aromatic N) is 1. The van der Waals surface area contributed by atoms with Crippen LogP contribution in [0.1, 0.15) is 23.0 Å². The average molecular weight is 453 g/mol. The van der Waals surface area contributed by atoms with E-state index in [0.717, 1.165) is 0 Å². The highest BCUT2D eigenvalue weighted by atomic mass is 35.5. The molecule has 32 heavy (non-hydrogen) atoms. The van der Waals surface area contributed by atoms with Crippen molar-refractivity contribution in [2.24, 2.45) is 0 Å². The predicted molar refractivity (Wildman–Crippen MR) is 116 cm³/mol. The summed E-state index contributed by atoms with van der Waals surface area (Å²) < 4.78 is 16.0. The van der Waals surface area contributed by atoms with Crippen LogP contribution in [0.2, 0.25) is 5.02 Å². The molecule has 0 saturated carbocycles. The molecule has 1 N–H and O–H groups in total. The largest absolute Gasteiger partial charge is 0.490 e. The number of para-hydroxylation sites is 1. The molecule has 2 aromatic carbocycles. The second-order valence-corrected chi connectivity index (χ2v) is 7.01. The second-order valence-electron chi connectivity index (χ2n) is 6.60. The van der Waals surface area contributed by atoms with Gasteiger partial charge in [-0.3, -0.25) is 15.0 Å². The maximum Gasteiger partial charge on any atom is 0.379 e. The normalized spacial score (nSPS) is 14.6. The summed E-state index contributed by atoms with van der Waals surface area (Å²) >= 11 is 6.35. The molecule has 0 bridgehead atoms. The first-order chi connectivity index (χ1) is 15.5. The zero-order valence-corrected chi connectivity index (χ0v) is 17.6. The molecule has 1 aliphatic heterocycles. The summed E-state index contributed by atoms with van der Waals surface area (Å²) in [5, 5.41) is 1.23. The lowest BCUT2D eigenvalue weighted by Gasteiger charge is -2.14. The van der Waals surface area contributed by atoms with Crippen molar-refractivity contribution in [1.29, 1.82) is 0 Å². The molecule has 1 saturated heterocycles. The molecule has 3 aromatic rings. The third kappa shape index (κ3) is 4.21. The maximum atomic E-state index is 12.8. The van der Waals surface area contributed by atoms with E-state index in [0.29, 0.717) is 11.3 Å². The summed E-state index contributed by atoms with van der Waals surface area (Å²) in [5.74, 6) is -1.62. The van der Waals surface area contributed by atoms with Gasteiger partial charge in [0.25, 0.3) is 11.8 Å². The summed E-state index contributed by atoms with van der Waals surface area (Å²) in [6.07, 6.45) is 2.74. The molecule has 162 valence electrons. The van der Waals surface area contributed by atoms with Gasteiger partial charge in [0.2, 0.25) is 5.76 Å². The molecule has 8 nitrogen and oxygen atoms in total. The molecule has 1 aromatic heterocycles. The first-order valence-electron chi connectivity index (χ1n) is 9.62. The quantitative estimate of drug-likeness (QED) is 0.262. The number of hydrogen-bond acceptors (Lipinski definition) is 6. The number of furan rings is 1. The van der Waals surface area contributed by atoms with E-state index in [1.807, 2.05) is 0 Å². The Balaban J connectivity index is 1.65. The number of carbonyl (C=O) groups is 3. The van der Waals surface area contributed by atoms with E-state index in [1.54, 1.807) is 43.3 Å². The maximum absolute atomic E-state index is 12.8. The Kier molecular flexibility index (Phi) is 5.96. The fourth-order valence-corrected chi connectivity index (χ4v) is 3.31. The first kappa shape index (κ1) is 21.2. The Morgan fingerprint density at radius 1 is 1.16 bits per heavy atom. The van der Waals surface area contributed by atoms with E-state index < -0.39 is 17.8 Å². The number of hydrogen-bond donors (Lipinski definition) is 1. The van der Waals surface area contributed by atoms with Crippen LogP contribution in [0.25, 0.3) is 6.08 Å². The van der Waals surface area contributed by atoms with Gasteiger partial charge in [-0.15, -0.1) is 0 Å². The van der Waals surface area contributed by atoms with Gasteiger partial charge in [0.05, 0.1) is 23.6 Å². The van der Waals surface area contributed by atoms with Crippen LogP contribution in [0.15, 0.2) is 70.9 Å². The Morgan fingerprint density at radius 2 is 1.94 bits per heavy atom. The Hall–Kier alpha value is -4.04. The Bertz CT molecular complexity index is 1200. The smallest absolute Gasteiger partial charge is 0.379 e. The van der Waals surface area contributed by atoms with Gasteiger partial charge in [0, 0.05) is 0 Å². The van der Waals surface area contributed by atoms with Gasteiger partial charge in [-0.2, -0.15) is 0 Å². The number of amides is 2. The van der Waals surface area contributed by atoms with Crippen LogP contribution in [-0.4, -0.2) is 24.4 Å². The van der Waals surface area contributed by atoms with Crippen LogP contribution >= 0.6 is 11.6 Å². The van der Waals surface area contributed by atoms with E-state index in [-0.39, 0.29) is 34.5 Å². The highest BCUT2D eigenvalue weighted by Gasteiger charge is 2.34. The van der Waals surface area contributed by atoms with Gasteiger partial charge < -0.3 is 13.9 Å². The number of halogens is 1. The number of benzene rings is 2. The number of ether oxygens (including phenoxy) is 2. The fourth-order valence-electron chi connectivity index (χ4n) is 3.05. The zero-order chi connectivity index (χ0) is 22.7. The van der Waals surface area contributed by atoms with Gasteiger partial charge >= 0.3 is 5.97 Å². The topological polar surface area (TPSA) is 98.1 Å². The van der Waals surface area contributed by atoms with Crippen LogP contribution < -0.4 is 19.9 Å². The van der Waals surface area contributed by atoms with E-state index in [1.165, 1.54) is 35.5 Å². The number of hydrazine groups is 1. The van der Waals surface area contributed by atoms with Crippen molar-refractivity contribution in [3.05, 3.63) is 82.8 Å². The van der Waals surface area contributed by atoms with Crippen LogP contribution in [0.4, 0.5) is 5.69 Å². The number of nitrogens with one attached hydrogen (secondary N) is 1.